The molecule has 25 heavy (non-hydrogen) atoms. The van der Waals surface area contributed by atoms with E-state index in [1.165, 1.54) is 0 Å². The zero-order valence-corrected chi connectivity index (χ0v) is 16.1. The number of ether oxygens (including phenoxy) is 2. The minimum atomic E-state index is -0.156. The van der Waals surface area contributed by atoms with Crippen molar-refractivity contribution in [2.24, 2.45) is 5.73 Å². The fourth-order valence-corrected chi connectivity index (χ4v) is 4.16. The minimum Gasteiger partial charge on any atom is -0.490 e. The van der Waals surface area contributed by atoms with Crippen LogP contribution in [0.25, 0.3) is 0 Å². The van der Waals surface area contributed by atoms with Gasteiger partial charge < -0.3 is 20.5 Å². The van der Waals surface area contributed by atoms with Crippen LogP contribution in [0.15, 0.2) is 23.1 Å². The first-order chi connectivity index (χ1) is 11.7. The molecule has 1 aromatic carbocycles. The van der Waals surface area contributed by atoms with Gasteiger partial charge in [-0.15, -0.1) is 24.2 Å². The fraction of sp³-hybridized carbons (Fsp3) is 0.611. The molecule has 1 amide bonds. The minimum absolute atomic E-state index is 0. The summed E-state index contributed by atoms with van der Waals surface area (Å²) < 4.78 is 11.3. The Bertz CT molecular complexity index is 579. The molecule has 0 radical (unpaired) electrons. The lowest BCUT2D eigenvalue weighted by atomic mass is 9.98. The van der Waals surface area contributed by atoms with Crippen LogP contribution in [0.2, 0.25) is 0 Å². The van der Waals surface area contributed by atoms with Crippen LogP contribution in [0.1, 0.15) is 38.5 Å². The first-order valence-corrected chi connectivity index (χ1v) is 9.73. The molecule has 0 unspecified atom stereocenters. The van der Waals surface area contributed by atoms with Crippen molar-refractivity contribution in [3.05, 3.63) is 18.2 Å². The van der Waals surface area contributed by atoms with E-state index in [2.05, 4.69) is 5.32 Å². The molecule has 1 heterocycles. The van der Waals surface area contributed by atoms with E-state index in [9.17, 15) is 4.79 Å². The normalized spacial score (nSPS) is 18.1. The lowest BCUT2D eigenvalue weighted by Gasteiger charge is -2.28. The first-order valence-electron chi connectivity index (χ1n) is 8.74. The van der Waals surface area contributed by atoms with Crippen molar-refractivity contribution in [3.8, 4) is 11.5 Å². The number of nitrogens with one attached hydrogen (secondary N) is 1. The summed E-state index contributed by atoms with van der Waals surface area (Å²) in [6, 6.07) is 5.97. The van der Waals surface area contributed by atoms with Crippen LogP contribution in [0.5, 0.6) is 11.5 Å². The van der Waals surface area contributed by atoms with Crippen LogP contribution in [-0.2, 0) is 4.79 Å². The summed E-state index contributed by atoms with van der Waals surface area (Å²) >= 11 is 1.67. The second kappa shape index (κ2) is 9.55. The van der Waals surface area contributed by atoms with E-state index in [4.69, 9.17) is 15.2 Å². The highest BCUT2D eigenvalue weighted by atomic mass is 35.5. The monoisotopic (exact) mass is 386 g/mol. The van der Waals surface area contributed by atoms with Gasteiger partial charge in [-0.1, -0.05) is 12.8 Å². The molecule has 0 spiro atoms. The summed E-state index contributed by atoms with van der Waals surface area (Å²) in [7, 11) is 0. The van der Waals surface area contributed by atoms with Gasteiger partial charge in [0.2, 0.25) is 5.91 Å². The van der Waals surface area contributed by atoms with Gasteiger partial charge in [0.05, 0.1) is 18.8 Å². The number of rotatable bonds is 6. The van der Waals surface area contributed by atoms with Crippen molar-refractivity contribution >= 4 is 30.1 Å². The number of fused-ring (bicyclic) bond motifs is 1. The summed E-state index contributed by atoms with van der Waals surface area (Å²) in [6.45, 7) is 1.92. The standard InChI is InChI=1S/C18H26N2O3S.ClH/c19-13-18(7-1-2-8-18)20-17(21)6-11-24-14-4-5-15-16(12-14)23-10-3-9-22-15;/h4-5,12H,1-3,6-11,13,19H2,(H,20,21);1H. The van der Waals surface area contributed by atoms with Crippen LogP contribution in [0.4, 0.5) is 0 Å². The molecule has 5 nitrogen and oxygen atoms in total. The van der Waals surface area contributed by atoms with Gasteiger partial charge >= 0.3 is 0 Å². The van der Waals surface area contributed by atoms with Crippen LogP contribution in [-0.4, -0.2) is 37.0 Å². The SMILES string of the molecule is Cl.NCC1(NC(=O)CCSc2ccc3c(c2)OCCCO3)CCCC1. The molecule has 2 aliphatic rings. The number of thioether (sulfide) groups is 1. The largest absolute Gasteiger partial charge is 0.490 e. The third-order valence-corrected chi connectivity index (χ3v) is 5.67. The molecule has 1 saturated carbocycles. The smallest absolute Gasteiger partial charge is 0.221 e. The van der Waals surface area contributed by atoms with Crippen molar-refractivity contribution in [1.82, 2.24) is 5.32 Å². The molecule has 3 N–H and O–H groups in total. The Labute approximate surface area is 159 Å². The Kier molecular flexibility index (Phi) is 7.72. The van der Waals surface area contributed by atoms with E-state index >= 15 is 0 Å². The van der Waals surface area contributed by atoms with Crippen molar-refractivity contribution in [2.45, 2.75) is 49.0 Å². The van der Waals surface area contributed by atoms with Crippen molar-refractivity contribution in [1.29, 1.82) is 0 Å². The van der Waals surface area contributed by atoms with Crippen molar-refractivity contribution < 1.29 is 14.3 Å². The molecule has 140 valence electrons. The number of amides is 1. The van der Waals surface area contributed by atoms with Gasteiger partial charge in [-0.05, 0) is 31.0 Å². The maximum atomic E-state index is 12.2. The highest BCUT2D eigenvalue weighted by Gasteiger charge is 2.33. The Hall–Kier alpha value is -1.11. The molecule has 1 fully saturated rings. The molecule has 1 aliphatic carbocycles. The lowest BCUT2D eigenvalue weighted by molar-refractivity contribution is -0.122. The average molecular weight is 387 g/mol. The van der Waals surface area contributed by atoms with Gasteiger partial charge in [-0.3, -0.25) is 4.79 Å². The number of hydrogen-bond donors (Lipinski definition) is 2. The van der Waals surface area contributed by atoms with Crippen LogP contribution in [0, 0.1) is 0 Å². The second-order valence-electron chi connectivity index (χ2n) is 6.50. The van der Waals surface area contributed by atoms with Crippen LogP contribution < -0.4 is 20.5 Å². The Morgan fingerprint density at radius 3 is 2.60 bits per heavy atom. The van der Waals surface area contributed by atoms with Crippen LogP contribution in [0.3, 0.4) is 0 Å². The topological polar surface area (TPSA) is 73.6 Å². The maximum Gasteiger partial charge on any atom is 0.221 e. The van der Waals surface area contributed by atoms with Gasteiger partial charge in [0.25, 0.3) is 0 Å². The molecular formula is C18H27ClN2O3S. The fourth-order valence-electron chi connectivity index (χ4n) is 3.29. The zero-order chi connectivity index (χ0) is 16.8. The number of benzene rings is 1. The molecule has 1 aromatic rings. The van der Waals surface area contributed by atoms with Gasteiger partial charge in [0.1, 0.15) is 0 Å². The second-order valence-corrected chi connectivity index (χ2v) is 7.67. The number of carbonyl (C=O) groups excluding carboxylic acids is 1. The summed E-state index contributed by atoms with van der Waals surface area (Å²) in [4.78, 5) is 13.3. The highest BCUT2D eigenvalue weighted by Crippen LogP contribution is 2.34. The third kappa shape index (κ3) is 5.43. The van der Waals surface area contributed by atoms with Crippen molar-refractivity contribution in [3.63, 3.8) is 0 Å². The summed E-state index contributed by atoms with van der Waals surface area (Å²) in [6.07, 6.45) is 5.73. The zero-order valence-electron chi connectivity index (χ0n) is 14.4. The maximum absolute atomic E-state index is 12.2. The lowest BCUT2D eigenvalue weighted by Crippen LogP contribution is -2.51. The predicted molar refractivity (Wildman–Crippen MR) is 103 cm³/mol. The van der Waals surface area contributed by atoms with E-state index in [-0.39, 0.29) is 23.9 Å². The number of carbonyl (C=O) groups is 1. The molecule has 3 rings (SSSR count). The number of nitrogens with two attached hydrogens (primary N) is 1. The highest BCUT2D eigenvalue weighted by molar-refractivity contribution is 7.99. The molecular weight excluding hydrogens is 360 g/mol. The van der Waals surface area contributed by atoms with Crippen molar-refractivity contribution in [2.75, 3.05) is 25.5 Å². The Morgan fingerprint density at radius 2 is 1.88 bits per heavy atom. The van der Waals surface area contributed by atoms with Crippen LogP contribution >= 0.6 is 24.2 Å². The Balaban J connectivity index is 0.00000225. The number of halogens is 1. The summed E-state index contributed by atoms with van der Waals surface area (Å²) in [5.74, 6) is 2.45. The number of hydrogen-bond acceptors (Lipinski definition) is 5. The molecule has 7 heteroatoms. The molecule has 1 aliphatic heterocycles. The van der Waals surface area contributed by atoms with E-state index in [1.54, 1.807) is 11.8 Å². The van der Waals surface area contributed by atoms with Gasteiger partial charge in [-0.25, -0.2) is 0 Å². The molecule has 0 bridgehead atoms. The van der Waals surface area contributed by atoms with Gasteiger partial charge in [-0.2, -0.15) is 0 Å². The summed E-state index contributed by atoms with van der Waals surface area (Å²) in [5.41, 5.74) is 5.71. The molecule has 0 aromatic heterocycles. The first kappa shape index (κ1) is 20.2. The summed E-state index contributed by atoms with van der Waals surface area (Å²) in [5, 5.41) is 3.16. The quantitative estimate of drug-likeness (QED) is 0.735. The third-order valence-electron chi connectivity index (χ3n) is 4.67. The van der Waals surface area contributed by atoms with E-state index in [1.807, 2.05) is 18.2 Å². The van der Waals surface area contributed by atoms with Gasteiger partial charge in [0.15, 0.2) is 11.5 Å². The average Bonchev–Trinajstić information content (AvgIpc) is 2.92. The van der Waals surface area contributed by atoms with E-state index in [0.29, 0.717) is 26.2 Å². The Morgan fingerprint density at radius 1 is 1.16 bits per heavy atom. The predicted octanol–water partition coefficient (Wildman–Crippen LogP) is 3.14. The molecule has 0 saturated heterocycles. The van der Waals surface area contributed by atoms with E-state index in [0.717, 1.165) is 54.3 Å². The van der Waals surface area contributed by atoms with E-state index < -0.39 is 0 Å². The molecule has 0 atom stereocenters. The van der Waals surface area contributed by atoms with Gasteiger partial charge in [0, 0.05) is 30.0 Å².